The largest absolute Gasteiger partial charge is 0.508 e. The fourth-order valence-corrected chi connectivity index (χ4v) is 2.65. The van der Waals surface area contributed by atoms with E-state index in [1.807, 2.05) is 0 Å². The number of aromatic carboxylic acids is 1. The van der Waals surface area contributed by atoms with Crippen molar-refractivity contribution in [1.29, 1.82) is 0 Å². The summed E-state index contributed by atoms with van der Waals surface area (Å²) >= 11 is 0. The maximum absolute atomic E-state index is 12.9. The molecule has 0 bridgehead atoms. The molecule has 3 aromatic rings. The van der Waals surface area contributed by atoms with Crippen molar-refractivity contribution in [2.45, 2.75) is 0 Å². The number of rotatable bonds is 6. The lowest BCUT2D eigenvalue weighted by Gasteiger charge is -2.13. The molecule has 4 N–H and O–H groups in total. The summed E-state index contributed by atoms with van der Waals surface area (Å²) in [7, 11) is 0. The summed E-state index contributed by atoms with van der Waals surface area (Å²) in [6, 6.07) is 20.4. The minimum absolute atomic E-state index is 0.0573. The van der Waals surface area contributed by atoms with Crippen molar-refractivity contribution in [2.75, 3.05) is 5.32 Å². The number of hydrogen-bond acceptors (Lipinski definition) is 4. The zero-order valence-corrected chi connectivity index (χ0v) is 15.7. The Balaban J connectivity index is 1.92. The number of benzene rings is 3. The number of nitrogens with one attached hydrogen (secondary N) is 2. The number of carbonyl (C=O) groups excluding carboxylic acids is 2. The van der Waals surface area contributed by atoms with Crippen LogP contribution in [0.1, 0.15) is 26.3 Å². The van der Waals surface area contributed by atoms with Crippen molar-refractivity contribution in [2.24, 2.45) is 0 Å². The number of hydrogen-bond donors (Lipinski definition) is 4. The van der Waals surface area contributed by atoms with Gasteiger partial charge in [-0.25, -0.2) is 4.79 Å². The van der Waals surface area contributed by atoms with Gasteiger partial charge in [0.25, 0.3) is 11.8 Å². The van der Waals surface area contributed by atoms with E-state index in [4.69, 9.17) is 0 Å². The van der Waals surface area contributed by atoms with Gasteiger partial charge in [-0.1, -0.05) is 42.5 Å². The van der Waals surface area contributed by atoms with Gasteiger partial charge in [0, 0.05) is 5.56 Å². The molecule has 2 amide bonds. The predicted octanol–water partition coefficient (Wildman–Crippen LogP) is 3.50. The molecule has 0 aromatic heterocycles. The highest BCUT2D eigenvalue weighted by Gasteiger charge is 2.17. The van der Waals surface area contributed by atoms with Gasteiger partial charge in [0.2, 0.25) is 0 Å². The van der Waals surface area contributed by atoms with Crippen LogP contribution in [0.2, 0.25) is 0 Å². The molecule has 0 unspecified atom stereocenters. The Morgan fingerprint density at radius 2 is 1.43 bits per heavy atom. The highest BCUT2D eigenvalue weighted by molar-refractivity contribution is 6.12. The predicted molar refractivity (Wildman–Crippen MR) is 112 cm³/mol. The fraction of sp³-hybridized carbons (Fsp3) is 0. The zero-order valence-electron chi connectivity index (χ0n) is 15.7. The molecule has 3 rings (SSSR count). The third-order valence-corrected chi connectivity index (χ3v) is 4.14. The summed E-state index contributed by atoms with van der Waals surface area (Å²) in [6.45, 7) is 0. The van der Waals surface area contributed by atoms with E-state index < -0.39 is 17.8 Å². The summed E-state index contributed by atoms with van der Waals surface area (Å²) < 4.78 is 0. The third-order valence-electron chi connectivity index (χ3n) is 4.14. The Bertz CT molecular complexity index is 1110. The minimum atomic E-state index is -1.19. The van der Waals surface area contributed by atoms with Gasteiger partial charge in [0.05, 0.1) is 11.3 Å². The van der Waals surface area contributed by atoms with Crippen LogP contribution in [-0.4, -0.2) is 28.0 Å². The topological polar surface area (TPSA) is 116 Å². The number of carbonyl (C=O) groups is 3. The lowest BCUT2D eigenvalue weighted by atomic mass is 10.1. The lowest BCUT2D eigenvalue weighted by molar-refractivity contribution is -0.113. The van der Waals surface area contributed by atoms with Crippen LogP contribution in [0, 0.1) is 0 Å². The van der Waals surface area contributed by atoms with E-state index >= 15 is 0 Å². The molecule has 0 fully saturated rings. The van der Waals surface area contributed by atoms with E-state index in [0.29, 0.717) is 11.1 Å². The Hall–Kier alpha value is -4.39. The Morgan fingerprint density at radius 3 is 2.10 bits per heavy atom. The number of aromatic hydroxyl groups is 1. The number of carboxylic acids is 1. The first-order chi connectivity index (χ1) is 14.4. The van der Waals surface area contributed by atoms with Crippen LogP contribution < -0.4 is 10.6 Å². The highest BCUT2D eigenvalue weighted by atomic mass is 16.4. The van der Waals surface area contributed by atoms with Gasteiger partial charge >= 0.3 is 5.97 Å². The first-order valence-electron chi connectivity index (χ1n) is 8.95. The standard InChI is InChI=1S/C23H18N2O5/c26-17-12-10-15(11-13-17)14-20(25-21(27)16-6-2-1-3-7-16)22(28)24-19-9-5-4-8-18(19)23(29)30/h1-14,26H,(H,24,28)(H,25,27)(H,29,30)/b20-14-. The Labute approximate surface area is 172 Å². The van der Waals surface area contributed by atoms with Gasteiger partial charge in [-0.2, -0.15) is 0 Å². The second-order valence-electron chi connectivity index (χ2n) is 6.27. The van der Waals surface area contributed by atoms with Gasteiger partial charge in [-0.3, -0.25) is 9.59 Å². The molecule has 0 saturated heterocycles. The lowest BCUT2D eigenvalue weighted by Crippen LogP contribution is -2.31. The van der Waals surface area contributed by atoms with E-state index in [1.165, 1.54) is 30.3 Å². The summed E-state index contributed by atoms with van der Waals surface area (Å²) in [6.07, 6.45) is 1.43. The highest BCUT2D eigenvalue weighted by Crippen LogP contribution is 2.17. The molecule has 0 heterocycles. The molecule has 0 aliphatic carbocycles. The van der Waals surface area contributed by atoms with Crippen LogP contribution in [-0.2, 0) is 4.79 Å². The molecule has 0 atom stereocenters. The number of carboxylic acid groups (broad SMARTS) is 1. The van der Waals surface area contributed by atoms with Gasteiger partial charge in [0.15, 0.2) is 0 Å². The van der Waals surface area contributed by atoms with Crippen LogP contribution in [0.5, 0.6) is 5.75 Å². The second-order valence-corrected chi connectivity index (χ2v) is 6.27. The molecule has 0 aliphatic rings. The summed E-state index contributed by atoms with van der Waals surface area (Å²) in [4.78, 5) is 36.9. The number of amides is 2. The first-order valence-corrected chi connectivity index (χ1v) is 8.95. The molecule has 150 valence electrons. The van der Waals surface area contributed by atoms with Crippen molar-refractivity contribution in [3.63, 3.8) is 0 Å². The number of para-hydroxylation sites is 1. The van der Waals surface area contributed by atoms with Crippen LogP contribution in [0.4, 0.5) is 5.69 Å². The average Bonchev–Trinajstić information content (AvgIpc) is 2.75. The van der Waals surface area contributed by atoms with Crippen molar-refractivity contribution < 1.29 is 24.6 Å². The smallest absolute Gasteiger partial charge is 0.337 e. The molecule has 7 heteroatoms. The third kappa shape index (κ3) is 5.11. The van der Waals surface area contributed by atoms with Gasteiger partial charge in [-0.05, 0) is 48.0 Å². The van der Waals surface area contributed by atoms with E-state index in [1.54, 1.807) is 54.6 Å². The molecule has 0 spiro atoms. The minimum Gasteiger partial charge on any atom is -0.508 e. The van der Waals surface area contributed by atoms with E-state index in [9.17, 15) is 24.6 Å². The fourth-order valence-electron chi connectivity index (χ4n) is 2.65. The van der Waals surface area contributed by atoms with E-state index in [-0.39, 0.29) is 22.7 Å². The van der Waals surface area contributed by atoms with Gasteiger partial charge < -0.3 is 20.8 Å². The van der Waals surface area contributed by atoms with Gasteiger partial charge in [0.1, 0.15) is 11.4 Å². The van der Waals surface area contributed by atoms with Crippen molar-refractivity contribution in [3.05, 3.63) is 101 Å². The molecule has 0 saturated carbocycles. The van der Waals surface area contributed by atoms with Crippen LogP contribution >= 0.6 is 0 Å². The summed E-state index contributed by atoms with van der Waals surface area (Å²) in [5, 5.41) is 23.9. The van der Waals surface area contributed by atoms with Crippen molar-refractivity contribution >= 4 is 29.5 Å². The number of phenolic OH excluding ortho intramolecular Hbond substituents is 1. The first kappa shape index (κ1) is 20.3. The van der Waals surface area contributed by atoms with Crippen LogP contribution in [0.15, 0.2) is 84.6 Å². The Kier molecular flexibility index (Phi) is 6.24. The summed E-state index contributed by atoms with van der Waals surface area (Å²) in [5.74, 6) is -2.33. The molecule has 0 aliphatic heterocycles. The second kappa shape index (κ2) is 9.20. The van der Waals surface area contributed by atoms with Crippen molar-refractivity contribution in [1.82, 2.24) is 5.32 Å². The average molecular weight is 402 g/mol. The molecule has 0 radical (unpaired) electrons. The SMILES string of the molecule is O=C(Nc1ccccc1C(=O)O)/C(=C/c1ccc(O)cc1)NC(=O)c1ccccc1. The molecule has 7 nitrogen and oxygen atoms in total. The molecule has 3 aromatic carbocycles. The molecular formula is C23H18N2O5. The maximum Gasteiger partial charge on any atom is 0.337 e. The van der Waals surface area contributed by atoms with E-state index in [2.05, 4.69) is 10.6 Å². The van der Waals surface area contributed by atoms with Crippen LogP contribution in [0.3, 0.4) is 0 Å². The normalized spacial score (nSPS) is 10.9. The Morgan fingerprint density at radius 1 is 0.800 bits per heavy atom. The zero-order chi connectivity index (χ0) is 21.5. The number of phenols is 1. The maximum atomic E-state index is 12.9. The van der Waals surface area contributed by atoms with Crippen molar-refractivity contribution in [3.8, 4) is 5.75 Å². The number of anilines is 1. The monoisotopic (exact) mass is 402 g/mol. The molecule has 30 heavy (non-hydrogen) atoms. The quantitative estimate of drug-likeness (QED) is 0.471. The summed E-state index contributed by atoms with van der Waals surface area (Å²) in [5.41, 5.74) is 0.838. The van der Waals surface area contributed by atoms with Crippen LogP contribution in [0.25, 0.3) is 6.08 Å². The van der Waals surface area contributed by atoms with E-state index in [0.717, 1.165) is 0 Å². The molecular weight excluding hydrogens is 384 g/mol. The van der Waals surface area contributed by atoms with Gasteiger partial charge in [-0.15, -0.1) is 0 Å².